The standard InChI is InChI=1S/C26H26N6O3.C25H26N6O3.C21H25N5O3/c1-2-5-21(33)31-13-11-26(16-31)14-18(15-26)32-24(27)22(25(28)34)23(30-32)17-7-9-19(10-8-17)35-20-6-3-4-12-29-20;1-2-20(32)30-12-10-25(15-30)13-17(14-25)31-23(26)21(24(27)33)22(29-31)16-6-8-18(9-7-16)34-19-5-3-4-11-28-19;1-3-16(27)25-9-8-21(12-25)10-14(11-21)26-19(22)17(20(23)28)18(24-26)13-4-6-15(29-2)7-5-13/h3-4,6-10,12,18H,11,13-16,27H2,1H3,(H2,28,34);2-9,11,17H,1,10,12-15,26H2,(H2,27,33);3-7,14H,1,8-12,22H2,2H3,(H2,23,28). The van der Waals surface area contributed by atoms with Gasteiger partial charge in [-0.05, 0) is 184 Å². The first-order valence-electron chi connectivity index (χ1n) is 32.3. The third-order valence-corrected chi connectivity index (χ3v) is 19.8. The molecule has 504 valence electrons. The molecule has 3 aromatic carbocycles. The summed E-state index contributed by atoms with van der Waals surface area (Å²) >= 11 is 0. The van der Waals surface area contributed by atoms with Crippen LogP contribution in [0.3, 0.4) is 0 Å². The molecule has 0 bridgehead atoms. The molecule has 0 unspecified atom stereocenters. The van der Waals surface area contributed by atoms with Crippen LogP contribution in [0, 0.1) is 28.1 Å². The summed E-state index contributed by atoms with van der Waals surface area (Å²) in [7, 11) is 1.59. The Morgan fingerprint density at radius 3 is 1.11 bits per heavy atom. The third kappa shape index (κ3) is 13.2. The van der Waals surface area contributed by atoms with Crippen LogP contribution in [0.5, 0.6) is 29.0 Å². The van der Waals surface area contributed by atoms with Crippen molar-refractivity contribution >= 4 is 52.9 Å². The topological polar surface area (TPSA) is 375 Å². The number of rotatable bonds is 16. The van der Waals surface area contributed by atoms with Gasteiger partial charge in [-0.25, -0.2) is 24.0 Å². The number of anilines is 3. The molecule has 12 N–H and O–H groups in total. The number of hydrogen-bond acceptors (Lipinski definition) is 17. The monoisotopic (exact) mass is 1320 g/mol. The van der Waals surface area contributed by atoms with Crippen LogP contribution in [-0.4, -0.2) is 136 Å². The molecule has 26 heteroatoms. The van der Waals surface area contributed by atoms with E-state index in [1.165, 1.54) is 12.2 Å². The van der Waals surface area contributed by atoms with E-state index in [9.17, 15) is 28.8 Å². The summed E-state index contributed by atoms with van der Waals surface area (Å²) in [5.41, 5.74) is 40.4. The zero-order chi connectivity index (χ0) is 69.2. The minimum atomic E-state index is -0.623. The second-order valence-corrected chi connectivity index (χ2v) is 26.0. The van der Waals surface area contributed by atoms with Gasteiger partial charge in [-0.2, -0.15) is 15.3 Å². The minimum Gasteiger partial charge on any atom is -0.497 e. The summed E-state index contributed by atoms with van der Waals surface area (Å²) in [6, 6.07) is 32.7. The van der Waals surface area contributed by atoms with Gasteiger partial charge in [-0.3, -0.25) is 28.8 Å². The zero-order valence-corrected chi connectivity index (χ0v) is 54.5. The Bertz CT molecular complexity index is 4440. The fourth-order valence-electron chi connectivity index (χ4n) is 14.8. The zero-order valence-electron chi connectivity index (χ0n) is 54.5. The van der Waals surface area contributed by atoms with Crippen LogP contribution in [0.1, 0.15) is 114 Å². The summed E-state index contributed by atoms with van der Waals surface area (Å²) in [5, 5.41) is 14.1. The molecule has 6 aliphatic rings. The lowest BCUT2D eigenvalue weighted by molar-refractivity contribution is -0.126. The van der Waals surface area contributed by atoms with Gasteiger partial charge < -0.3 is 63.3 Å². The summed E-state index contributed by atoms with van der Waals surface area (Å²) in [6.07, 6.45) is 13.9. The van der Waals surface area contributed by atoms with Gasteiger partial charge in [0.1, 0.15) is 68.5 Å². The number of benzene rings is 3. The van der Waals surface area contributed by atoms with E-state index in [-0.39, 0.29) is 80.4 Å². The second kappa shape index (κ2) is 27.2. The number of likely N-dealkylation sites (tertiary alicyclic amines) is 3. The average Bonchev–Trinajstić information content (AvgIpc) is 1.60. The Kier molecular flexibility index (Phi) is 18.4. The number of carbonyl (C=O) groups is 6. The van der Waals surface area contributed by atoms with Crippen molar-refractivity contribution in [2.45, 2.75) is 82.8 Å². The Balaban J connectivity index is 0.000000141. The molecule has 26 nitrogen and oxygen atoms in total. The van der Waals surface area contributed by atoms with Crippen molar-refractivity contribution in [2.24, 2.45) is 33.4 Å². The molecule has 98 heavy (non-hydrogen) atoms. The predicted octanol–water partition coefficient (Wildman–Crippen LogP) is 8.13. The SMILES string of the molecule is C=CC(=O)N1CCC2(CC(n3nc(-c4ccc(OC)cc4)c(C(N)=O)c3N)C2)C1.C=CC(=O)N1CCC2(CC(n3nc(-c4ccc(Oc5ccccn5)cc4)c(C(N)=O)c3N)C2)C1.CC#CC(=O)N1CCC2(CC(n3nc(-c4ccc(Oc5ccccn5)cc4)c(C(N)=O)c3N)C2)C1. The largest absolute Gasteiger partial charge is 0.497 e. The maximum absolute atomic E-state index is 12.3. The molecule has 3 spiro atoms. The van der Waals surface area contributed by atoms with Gasteiger partial charge in [-0.1, -0.05) is 31.2 Å². The van der Waals surface area contributed by atoms with Crippen LogP contribution in [0.4, 0.5) is 17.5 Å². The second-order valence-electron chi connectivity index (χ2n) is 26.0. The maximum Gasteiger partial charge on any atom is 0.298 e. The highest BCUT2D eigenvalue weighted by molar-refractivity contribution is 6.05. The molecule has 3 saturated carbocycles. The quantitative estimate of drug-likeness (QED) is 0.0392. The number of nitrogen functional groups attached to an aromatic ring is 3. The fourth-order valence-corrected chi connectivity index (χ4v) is 14.8. The van der Waals surface area contributed by atoms with Crippen LogP contribution < -0.4 is 48.6 Å². The smallest absolute Gasteiger partial charge is 0.298 e. The van der Waals surface area contributed by atoms with E-state index in [0.29, 0.717) is 82.7 Å². The number of ether oxygens (including phenoxy) is 3. The van der Waals surface area contributed by atoms with Crippen molar-refractivity contribution < 1.29 is 43.0 Å². The number of nitrogens with two attached hydrogens (primary N) is 6. The molecule has 8 aromatic rings. The molecule has 5 aromatic heterocycles. The summed E-state index contributed by atoms with van der Waals surface area (Å²) < 4.78 is 21.8. The Morgan fingerprint density at radius 2 is 0.816 bits per heavy atom. The van der Waals surface area contributed by atoms with Crippen LogP contribution >= 0.6 is 0 Å². The van der Waals surface area contributed by atoms with Gasteiger partial charge in [0.15, 0.2) is 0 Å². The lowest BCUT2D eigenvalue weighted by atomic mass is 9.65. The van der Waals surface area contributed by atoms with Gasteiger partial charge in [0.25, 0.3) is 23.6 Å². The van der Waals surface area contributed by atoms with Gasteiger partial charge in [0, 0.05) is 80.5 Å². The fraction of sp³-hybridized carbons (Fsp3) is 0.319. The highest BCUT2D eigenvalue weighted by Gasteiger charge is 2.53. The maximum atomic E-state index is 12.3. The van der Waals surface area contributed by atoms with E-state index in [0.717, 1.165) is 83.0 Å². The summed E-state index contributed by atoms with van der Waals surface area (Å²) in [4.78, 5) is 86.4. The summed E-state index contributed by atoms with van der Waals surface area (Å²) in [6.45, 7) is 13.1. The highest BCUT2D eigenvalue weighted by atomic mass is 16.5. The molecule has 3 aliphatic carbocycles. The first-order valence-corrected chi connectivity index (χ1v) is 32.3. The van der Waals surface area contributed by atoms with Crippen LogP contribution in [0.25, 0.3) is 33.8 Å². The lowest BCUT2D eigenvalue weighted by Crippen LogP contribution is -2.42. The number of amides is 6. The molecule has 0 atom stereocenters. The van der Waals surface area contributed by atoms with Crippen molar-refractivity contribution in [3.8, 4) is 74.6 Å². The third-order valence-electron chi connectivity index (χ3n) is 19.8. The van der Waals surface area contributed by atoms with E-state index >= 15 is 0 Å². The molecule has 0 radical (unpaired) electrons. The Labute approximate surface area is 565 Å². The molecule has 3 saturated heterocycles. The Hall–Kier alpha value is -11.8. The molecular weight excluding hydrogens is 1250 g/mol. The molecule has 14 rings (SSSR count). The van der Waals surface area contributed by atoms with Crippen molar-refractivity contribution in [1.82, 2.24) is 54.0 Å². The number of aromatic nitrogens is 8. The molecule has 8 heterocycles. The summed E-state index contributed by atoms with van der Waals surface area (Å²) in [5.74, 6) is 6.99. The number of primary amides is 3. The van der Waals surface area contributed by atoms with Gasteiger partial charge in [0.05, 0.1) is 25.2 Å². The van der Waals surface area contributed by atoms with Crippen molar-refractivity contribution in [3.63, 3.8) is 0 Å². The van der Waals surface area contributed by atoms with Gasteiger partial charge >= 0.3 is 0 Å². The number of methoxy groups -OCH3 is 1. The minimum absolute atomic E-state index is 0.0262. The average molecular weight is 1320 g/mol. The van der Waals surface area contributed by atoms with Crippen LogP contribution in [0.2, 0.25) is 0 Å². The first-order chi connectivity index (χ1) is 47.1. The van der Waals surface area contributed by atoms with Crippen molar-refractivity contribution in [3.05, 3.63) is 164 Å². The van der Waals surface area contributed by atoms with Gasteiger partial charge in [0.2, 0.25) is 23.6 Å². The van der Waals surface area contributed by atoms with Crippen molar-refractivity contribution in [1.29, 1.82) is 0 Å². The molecule has 3 aliphatic heterocycles. The van der Waals surface area contributed by atoms with Crippen LogP contribution in [0.15, 0.2) is 147 Å². The normalized spacial score (nSPS) is 21.6. The van der Waals surface area contributed by atoms with E-state index in [1.54, 1.807) is 89.0 Å². The number of nitrogens with zero attached hydrogens (tertiary/aromatic N) is 11. The van der Waals surface area contributed by atoms with Gasteiger partial charge in [-0.15, -0.1) is 0 Å². The molecular formula is C72H77N17O9. The number of carbonyl (C=O) groups excluding carboxylic acids is 6. The van der Waals surface area contributed by atoms with E-state index in [2.05, 4.69) is 40.1 Å². The van der Waals surface area contributed by atoms with Crippen LogP contribution in [-0.2, 0) is 14.4 Å². The molecule has 6 fully saturated rings. The first kappa shape index (κ1) is 66.3. The number of hydrogen-bond donors (Lipinski definition) is 6. The van der Waals surface area contributed by atoms with E-state index in [1.807, 2.05) is 75.4 Å². The van der Waals surface area contributed by atoms with E-state index < -0.39 is 17.7 Å². The number of pyridine rings is 2. The van der Waals surface area contributed by atoms with Crippen molar-refractivity contribution in [2.75, 3.05) is 63.6 Å². The Morgan fingerprint density at radius 1 is 0.490 bits per heavy atom. The lowest BCUT2D eigenvalue weighted by Gasteiger charge is -2.45. The highest BCUT2D eigenvalue weighted by Crippen LogP contribution is 2.57. The van der Waals surface area contributed by atoms with E-state index in [4.69, 9.17) is 58.8 Å². The predicted molar refractivity (Wildman–Crippen MR) is 367 cm³/mol. The molecule has 6 amide bonds.